The fourth-order valence-corrected chi connectivity index (χ4v) is 3.40. The fourth-order valence-electron chi connectivity index (χ4n) is 2.67. The van der Waals surface area contributed by atoms with Crippen molar-refractivity contribution in [3.63, 3.8) is 0 Å². The van der Waals surface area contributed by atoms with E-state index in [0.717, 1.165) is 23.2 Å². The Kier molecular flexibility index (Phi) is 4.89. The largest absolute Gasteiger partial charge is 0.494 e. The van der Waals surface area contributed by atoms with E-state index >= 15 is 0 Å². The Morgan fingerprint density at radius 2 is 1.96 bits per heavy atom. The number of para-hydroxylation sites is 1. The molecule has 136 valence electrons. The van der Waals surface area contributed by atoms with Crippen LogP contribution in [0.2, 0.25) is 0 Å². The first kappa shape index (κ1) is 17.3. The predicted molar refractivity (Wildman–Crippen MR) is 109 cm³/mol. The maximum atomic E-state index is 12.3. The predicted octanol–water partition coefficient (Wildman–Crippen LogP) is 5.45. The zero-order valence-corrected chi connectivity index (χ0v) is 15.6. The van der Waals surface area contributed by atoms with Crippen LogP contribution in [0.5, 0.6) is 5.75 Å². The van der Waals surface area contributed by atoms with E-state index in [1.807, 2.05) is 53.9 Å². The van der Waals surface area contributed by atoms with Gasteiger partial charge in [-0.1, -0.05) is 25.1 Å². The summed E-state index contributed by atoms with van der Waals surface area (Å²) in [6, 6.07) is 17.0. The summed E-state index contributed by atoms with van der Waals surface area (Å²) in [7, 11) is 0. The van der Waals surface area contributed by atoms with E-state index < -0.39 is 0 Å². The molecule has 4 aromatic rings. The summed E-state index contributed by atoms with van der Waals surface area (Å²) in [6.45, 7) is 2.78. The summed E-state index contributed by atoms with van der Waals surface area (Å²) in [5.74, 6) is 0.844. The smallest absolute Gasteiger partial charge is 0.345 e. The monoisotopic (exact) mass is 378 g/mol. The van der Waals surface area contributed by atoms with E-state index in [4.69, 9.17) is 9.15 Å². The number of rotatable bonds is 6. The van der Waals surface area contributed by atoms with E-state index in [1.54, 1.807) is 6.07 Å². The van der Waals surface area contributed by atoms with Crippen molar-refractivity contribution in [2.24, 2.45) is 0 Å². The molecule has 4 rings (SSSR count). The number of ether oxygens (including phenoxy) is 1. The van der Waals surface area contributed by atoms with Gasteiger partial charge in [0.25, 0.3) is 0 Å². The van der Waals surface area contributed by atoms with Gasteiger partial charge in [-0.3, -0.25) is 0 Å². The summed E-state index contributed by atoms with van der Waals surface area (Å²) in [4.78, 5) is 16.8. The van der Waals surface area contributed by atoms with Gasteiger partial charge >= 0.3 is 5.63 Å². The molecule has 0 atom stereocenters. The van der Waals surface area contributed by atoms with Gasteiger partial charge in [-0.2, -0.15) is 0 Å². The quantitative estimate of drug-likeness (QED) is 0.452. The number of thiazole rings is 1. The Labute approximate surface area is 160 Å². The first-order valence-corrected chi connectivity index (χ1v) is 9.59. The standard InChI is InChI=1S/C21H18N2O3S/c1-2-11-25-16-9-7-15(8-10-16)22-21-23-18(13-27-21)17-12-14-5-3-4-6-19(14)26-20(17)24/h3-10,12-13H,2,11H2,1H3,(H,22,23). The van der Waals surface area contributed by atoms with Crippen molar-refractivity contribution in [2.75, 3.05) is 11.9 Å². The SMILES string of the molecule is CCCOc1ccc(Nc2nc(-c3cc4ccccc4oc3=O)cs2)cc1. The van der Waals surface area contributed by atoms with Crippen molar-refractivity contribution in [1.82, 2.24) is 4.98 Å². The Hall–Kier alpha value is -3.12. The molecule has 1 N–H and O–H groups in total. The lowest BCUT2D eigenvalue weighted by atomic mass is 10.1. The van der Waals surface area contributed by atoms with E-state index in [-0.39, 0.29) is 5.63 Å². The van der Waals surface area contributed by atoms with Crippen LogP contribution in [0, 0.1) is 0 Å². The van der Waals surface area contributed by atoms with Crippen molar-refractivity contribution < 1.29 is 9.15 Å². The van der Waals surface area contributed by atoms with Gasteiger partial charge < -0.3 is 14.5 Å². The molecule has 0 aliphatic heterocycles. The van der Waals surface area contributed by atoms with Crippen molar-refractivity contribution >= 4 is 33.1 Å². The first-order chi connectivity index (χ1) is 13.2. The van der Waals surface area contributed by atoms with Crippen LogP contribution in [0.1, 0.15) is 13.3 Å². The molecule has 0 unspecified atom stereocenters. The second kappa shape index (κ2) is 7.63. The summed E-state index contributed by atoms with van der Waals surface area (Å²) in [6.07, 6.45) is 0.977. The number of hydrogen-bond donors (Lipinski definition) is 1. The summed E-state index contributed by atoms with van der Waals surface area (Å²) in [5.41, 5.74) is 2.16. The summed E-state index contributed by atoms with van der Waals surface area (Å²) < 4.78 is 11.0. The topological polar surface area (TPSA) is 64.4 Å². The highest BCUT2D eigenvalue weighted by Gasteiger charge is 2.11. The average molecular weight is 378 g/mol. The maximum Gasteiger partial charge on any atom is 0.345 e. The normalized spacial score (nSPS) is 10.9. The highest BCUT2D eigenvalue weighted by atomic mass is 32.1. The lowest BCUT2D eigenvalue weighted by Gasteiger charge is -2.06. The van der Waals surface area contributed by atoms with Crippen LogP contribution >= 0.6 is 11.3 Å². The van der Waals surface area contributed by atoms with E-state index in [1.165, 1.54) is 11.3 Å². The Morgan fingerprint density at radius 3 is 2.78 bits per heavy atom. The molecule has 0 aliphatic carbocycles. The van der Waals surface area contributed by atoms with Crippen molar-refractivity contribution in [2.45, 2.75) is 13.3 Å². The molecular weight excluding hydrogens is 360 g/mol. The first-order valence-electron chi connectivity index (χ1n) is 8.71. The number of aromatic nitrogens is 1. The van der Waals surface area contributed by atoms with Gasteiger partial charge in [-0.25, -0.2) is 9.78 Å². The fraction of sp³-hybridized carbons (Fsp3) is 0.143. The zero-order valence-electron chi connectivity index (χ0n) is 14.8. The molecule has 27 heavy (non-hydrogen) atoms. The molecule has 0 saturated carbocycles. The summed E-state index contributed by atoms with van der Waals surface area (Å²) >= 11 is 1.44. The van der Waals surface area contributed by atoms with Crippen LogP contribution in [-0.4, -0.2) is 11.6 Å². The van der Waals surface area contributed by atoms with Gasteiger partial charge in [0, 0.05) is 16.5 Å². The third-order valence-electron chi connectivity index (χ3n) is 4.00. The highest BCUT2D eigenvalue weighted by Crippen LogP contribution is 2.28. The van der Waals surface area contributed by atoms with Gasteiger partial charge in [0.1, 0.15) is 11.3 Å². The minimum atomic E-state index is -0.386. The van der Waals surface area contributed by atoms with Gasteiger partial charge in [0.15, 0.2) is 5.13 Å². The third-order valence-corrected chi connectivity index (χ3v) is 4.76. The van der Waals surface area contributed by atoms with Crippen molar-refractivity contribution in [3.05, 3.63) is 70.4 Å². The highest BCUT2D eigenvalue weighted by molar-refractivity contribution is 7.14. The van der Waals surface area contributed by atoms with Crippen LogP contribution in [0.4, 0.5) is 10.8 Å². The number of fused-ring (bicyclic) bond motifs is 1. The molecule has 0 aliphatic rings. The van der Waals surface area contributed by atoms with Crippen LogP contribution in [-0.2, 0) is 0 Å². The molecule has 0 bridgehead atoms. The molecule has 6 heteroatoms. The minimum absolute atomic E-state index is 0.386. The van der Waals surface area contributed by atoms with Crippen LogP contribution in [0.3, 0.4) is 0 Å². The molecule has 0 saturated heterocycles. The van der Waals surface area contributed by atoms with Crippen LogP contribution < -0.4 is 15.7 Å². The number of benzene rings is 2. The van der Waals surface area contributed by atoms with E-state index in [2.05, 4.69) is 17.2 Å². The van der Waals surface area contributed by atoms with Gasteiger partial charge in [0.2, 0.25) is 0 Å². The van der Waals surface area contributed by atoms with Crippen LogP contribution in [0.15, 0.2) is 69.2 Å². The third kappa shape index (κ3) is 3.85. The molecule has 0 amide bonds. The van der Waals surface area contributed by atoms with Gasteiger partial charge in [-0.05, 0) is 42.8 Å². The molecule has 0 radical (unpaired) electrons. The van der Waals surface area contributed by atoms with Gasteiger partial charge in [0.05, 0.1) is 17.9 Å². The number of hydrogen-bond acceptors (Lipinski definition) is 6. The average Bonchev–Trinajstić information content (AvgIpc) is 3.15. The number of nitrogens with zero attached hydrogens (tertiary/aromatic N) is 1. The van der Waals surface area contributed by atoms with Gasteiger partial charge in [-0.15, -0.1) is 11.3 Å². The Balaban J connectivity index is 1.55. The number of nitrogens with one attached hydrogen (secondary N) is 1. The molecule has 2 aromatic carbocycles. The second-order valence-corrected chi connectivity index (χ2v) is 6.88. The molecule has 0 fully saturated rings. The Morgan fingerprint density at radius 1 is 1.15 bits per heavy atom. The Bertz CT molecular complexity index is 1120. The van der Waals surface area contributed by atoms with Crippen molar-refractivity contribution in [1.29, 1.82) is 0 Å². The molecule has 0 spiro atoms. The van der Waals surface area contributed by atoms with Crippen molar-refractivity contribution in [3.8, 4) is 17.0 Å². The minimum Gasteiger partial charge on any atom is -0.494 e. The zero-order chi connectivity index (χ0) is 18.6. The molecular formula is C21H18N2O3S. The molecule has 5 nitrogen and oxygen atoms in total. The molecule has 2 aromatic heterocycles. The number of anilines is 2. The maximum absolute atomic E-state index is 12.3. The van der Waals surface area contributed by atoms with E-state index in [0.29, 0.717) is 28.6 Å². The second-order valence-electron chi connectivity index (χ2n) is 6.02. The summed E-state index contributed by atoms with van der Waals surface area (Å²) in [5, 5.41) is 6.68. The van der Waals surface area contributed by atoms with Crippen LogP contribution in [0.25, 0.3) is 22.2 Å². The van der Waals surface area contributed by atoms with E-state index in [9.17, 15) is 4.79 Å². The molecule has 2 heterocycles. The lowest BCUT2D eigenvalue weighted by Crippen LogP contribution is -2.02. The lowest BCUT2D eigenvalue weighted by molar-refractivity contribution is 0.317.